The quantitative estimate of drug-likeness (QED) is 0.900. The topological polar surface area (TPSA) is 60.9 Å². The fourth-order valence-corrected chi connectivity index (χ4v) is 2.72. The first kappa shape index (κ1) is 13.9. The van der Waals surface area contributed by atoms with E-state index in [2.05, 4.69) is 15.9 Å². The molecule has 1 aliphatic rings. The van der Waals surface area contributed by atoms with Crippen LogP contribution in [-0.2, 0) is 4.79 Å². The molecule has 0 saturated carbocycles. The van der Waals surface area contributed by atoms with E-state index in [9.17, 15) is 9.59 Å². The number of carbonyl (C=O) groups excluding carboxylic acids is 1. The summed E-state index contributed by atoms with van der Waals surface area (Å²) in [5.41, 5.74) is 1.09. The predicted molar refractivity (Wildman–Crippen MR) is 75.6 cm³/mol. The van der Waals surface area contributed by atoms with Gasteiger partial charge in [0.2, 0.25) is 5.91 Å². The van der Waals surface area contributed by atoms with Crippen LogP contribution in [0.1, 0.15) is 16.8 Å². The SMILES string of the molecule is CN1CCCN(c2ccc(C(=O)O)cc2Br)CC1=O. The van der Waals surface area contributed by atoms with Crippen molar-refractivity contribution in [1.82, 2.24) is 4.90 Å². The van der Waals surface area contributed by atoms with Gasteiger partial charge in [-0.25, -0.2) is 4.79 Å². The van der Waals surface area contributed by atoms with Crippen LogP contribution in [-0.4, -0.2) is 48.6 Å². The Kier molecular flexibility index (Phi) is 4.09. The predicted octanol–water partition coefficient (Wildman–Crippen LogP) is 1.82. The first-order valence-electron chi connectivity index (χ1n) is 6.01. The fraction of sp³-hybridized carbons (Fsp3) is 0.385. The molecule has 0 radical (unpaired) electrons. The van der Waals surface area contributed by atoms with E-state index in [0.717, 1.165) is 25.2 Å². The molecule has 1 aliphatic heterocycles. The Balaban J connectivity index is 2.26. The van der Waals surface area contributed by atoms with Crippen molar-refractivity contribution in [2.24, 2.45) is 0 Å². The molecule has 102 valence electrons. The third kappa shape index (κ3) is 3.07. The molecule has 0 atom stereocenters. The highest BCUT2D eigenvalue weighted by molar-refractivity contribution is 9.10. The summed E-state index contributed by atoms with van der Waals surface area (Å²) in [6, 6.07) is 4.87. The number of hydrogen-bond acceptors (Lipinski definition) is 3. The molecule has 2 rings (SSSR count). The largest absolute Gasteiger partial charge is 0.478 e. The Hall–Kier alpha value is -1.56. The Morgan fingerprint density at radius 3 is 2.74 bits per heavy atom. The molecule has 0 aliphatic carbocycles. The average Bonchev–Trinajstić information content (AvgIpc) is 2.52. The van der Waals surface area contributed by atoms with Gasteiger partial charge >= 0.3 is 5.97 Å². The van der Waals surface area contributed by atoms with Crippen molar-refractivity contribution in [1.29, 1.82) is 0 Å². The molecule has 1 aromatic carbocycles. The van der Waals surface area contributed by atoms with E-state index >= 15 is 0 Å². The van der Waals surface area contributed by atoms with Crippen LogP contribution in [0.3, 0.4) is 0 Å². The van der Waals surface area contributed by atoms with Crippen LogP contribution < -0.4 is 4.90 Å². The number of benzene rings is 1. The van der Waals surface area contributed by atoms with E-state index in [-0.39, 0.29) is 11.5 Å². The van der Waals surface area contributed by atoms with Crippen LogP contribution in [0.2, 0.25) is 0 Å². The zero-order chi connectivity index (χ0) is 14.0. The van der Waals surface area contributed by atoms with Crippen LogP contribution in [0, 0.1) is 0 Å². The van der Waals surface area contributed by atoms with Gasteiger partial charge in [-0.2, -0.15) is 0 Å². The molecule has 0 aromatic heterocycles. The van der Waals surface area contributed by atoms with E-state index in [1.807, 2.05) is 4.90 Å². The first-order valence-corrected chi connectivity index (χ1v) is 6.80. The van der Waals surface area contributed by atoms with Crippen molar-refractivity contribution in [2.45, 2.75) is 6.42 Å². The monoisotopic (exact) mass is 326 g/mol. The molecular formula is C13H15BrN2O3. The standard InChI is InChI=1S/C13H15BrN2O3/c1-15-5-2-6-16(8-12(15)17)11-4-3-9(13(18)19)7-10(11)14/h3-4,7H,2,5-6,8H2,1H3,(H,18,19). The third-order valence-electron chi connectivity index (χ3n) is 3.21. The second kappa shape index (κ2) is 5.61. The smallest absolute Gasteiger partial charge is 0.335 e. The Labute approximate surface area is 119 Å². The van der Waals surface area contributed by atoms with Gasteiger partial charge in [-0.1, -0.05) is 0 Å². The van der Waals surface area contributed by atoms with E-state index in [1.54, 1.807) is 30.1 Å². The third-order valence-corrected chi connectivity index (χ3v) is 3.84. The van der Waals surface area contributed by atoms with Crippen LogP contribution in [0.15, 0.2) is 22.7 Å². The number of aromatic carboxylic acids is 1. The van der Waals surface area contributed by atoms with Gasteiger partial charge in [0, 0.05) is 24.6 Å². The number of anilines is 1. The fourth-order valence-electron chi connectivity index (χ4n) is 2.09. The number of rotatable bonds is 2. The molecule has 0 unspecified atom stereocenters. The van der Waals surface area contributed by atoms with E-state index in [0.29, 0.717) is 11.0 Å². The molecule has 0 bridgehead atoms. The first-order chi connectivity index (χ1) is 8.99. The summed E-state index contributed by atoms with van der Waals surface area (Å²) < 4.78 is 0.699. The van der Waals surface area contributed by atoms with Crippen LogP contribution in [0.4, 0.5) is 5.69 Å². The highest BCUT2D eigenvalue weighted by atomic mass is 79.9. The maximum absolute atomic E-state index is 11.9. The molecule has 1 heterocycles. The normalized spacial score (nSPS) is 16.4. The summed E-state index contributed by atoms with van der Waals surface area (Å²) in [5.74, 6) is -0.884. The maximum Gasteiger partial charge on any atom is 0.335 e. The van der Waals surface area contributed by atoms with Crippen molar-refractivity contribution < 1.29 is 14.7 Å². The van der Waals surface area contributed by atoms with Gasteiger partial charge in [0.05, 0.1) is 17.8 Å². The molecule has 5 nitrogen and oxygen atoms in total. The van der Waals surface area contributed by atoms with Gasteiger partial charge in [0.25, 0.3) is 0 Å². The summed E-state index contributed by atoms with van der Waals surface area (Å²) in [6.07, 6.45) is 0.898. The summed E-state index contributed by atoms with van der Waals surface area (Å²) in [6.45, 7) is 1.85. The van der Waals surface area contributed by atoms with E-state index < -0.39 is 5.97 Å². The molecular weight excluding hydrogens is 312 g/mol. The minimum absolute atomic E-state index is 0.0757. The maximum atomic E-state index is 11.9. The van der Waals surface area contributed by atoms with Crippen molar-refractivity contribution in [3.63, 3.8) is 0 Å². The Bertz CT molecular complexity index is 519. The van der Waals surface area contributed by atoms with Crippen LogP contribution >= 0.6 is 15.9 Å². The van der Waals surface area contributed by atoms with Crippen molar-refractivity contribution in [3.8, 4) is 0 Å². The van der Waals surface area contributed by atoms with Gasteiger partial charge < -0.3 is 14.9 Å². The molecule has 1 saturated heterocycles. The van der Waals surface area contributed by atoms with Crippen molar-refractivity contribution >= 4 is 33.5 Å². The molecule has 6 heteroatoms. The second-order valence-corrected chi connectivity index (χ2v) is 5.42. The molecule has 19 heavy (non-hydrogen) atoms. The molecule has 1 N–H and O–H groups in total. The van der Waals surface area contributed by atoms with Gasteiger partial charge in [-0.15, -0.1) is 0 Å². The molecule has 1 aromatic rings. The lowest BCUT2D eigenvalue weighted by Gasteiger charge is -2.23. The zero-order valence-corrected chi connectivity index (χ0v) is 12.2. The number of amides is 1. The summed E-state index contributed by atoms with van der Waals surface area (Å²) in [7, 11) is 1.80. The van der Waals surface area contributed by atoms with Crippen LogP contribution in [0.5, 0.6) is 0 Å². The lowest BCUT2D eigenvalue weighted by Crippen LogP contribution is -2.34. The Morgan fingerprint density at radius 1 is 1.37 bits per heavy atom. The van der Waals surface area contributed by atoms with Gasteiger partial charge in [0.1, 0.15) is 0 Å². The average molecular weight is 327 g/mol. The number of hydrogen-bond donors (Lipinski definition) is 1. The van der Waals surface area contributed by atoms with E-state index in [1.165, 1.54) is 0 Å². The van der Waals surface area contributed by atoms with Crippen molar-refractivity contribution in [2.75, 3.05) is 31.6 Å². The van der Waals surface area contributed by atoms with Crippen LogP contribution in [0.25, 0.3) is 0 Å². The number of halogens is 1. The lowest BCUT2D eigenvalue weighted by molar-refractivity contribution is -0.127. The van der Waals surface area contributed by atoms with Crippen molar-refractivity contribution in [3.05, 3.63) is 28.2 Å². The van der Waals surface area contributed by atoms with E-state index in [4.69, 9.17) is 5.11 Å². The Morgan fingerprint density at radius 2 is 2.11 bits per heavy atom. The minimum atomic E-state index is -0.959. The van der Waals surface area contributed by atoms with Gasteiger partial charge in [0.15, 0.2) is 0 Å². The summed E-state index contributed by atoms with van der Waals surface area (Å²) >= 11 is 3.38. The number of carboxylic acids is 1. The highest BCUT2D eigenvalue weighted by Crippen LogP contribution is 2.28. The summed E-state index contributed by atoms with van der Waals surface area (Å²) in [4.78, 5) is 26.5. The molecule has 0 spiro atoms. The van der Waals surface area contributed by atoms with Gasteiger partial charge in [-0.05, 0) is 40.5 Å². The zero-order valence-electron chi connectivity index (χ0n) is 10.6. The number of carboxylic acid groups (broad SMARTS) is 1. The number of nitrogens with zero attached hydrogens (tertiary/aromatic N) is 2. The minimum Gasteiger partial charge on any atom is -0.478 e. The molecule has 1 amide bonds. The lowest BCUT2D eigenvalue weighted by atomic mass is 10.2. The highest BCUT2D eigenvalue weighted by Gasteiger charge is 2.21. The van der Waals surface area contributed by atoms with Gasteiger partial charge in [-0.3, -0.25) is 4.79 Å². The number of carbonyl (C=O) groups is 2. The second-order valence-electron chi connectivity index (χ2n) is 4.56. The molecule has 1 fully saturated rings. The summed E-state index contributed by atoms with van der Waals surface area (Å²) in [5, 5.41) is 8.94. The number of likely N-dealkylation sites (N-methyl/N-ethyl adjacent to an activating group) is 1.